The second kappa shape index (κ2) is 10.5. The molecule has 10 heteroatoms. The molecule has 2 aliphatic rings. The summed E-state index contributed by atoms with van der Waals surface area (Å²) in [6.07, 6.45) is 1.53. The molecule has 2 aliphatic heterocycles. The molecule has 1 atom stereocenters. The quantitative estimate of drug-likeness (QED) is 0.168. The van der Waals surface area contributed by atoms with E-state index < -0.39 is 17.9 Å². The molecule has 0 radical (unpaired) electrons. The first-order valence-electron chi connectivity index (χ1n) is 12.9. The molecule has 212 valence electrons. The van der Waals surface area contributed by atoms with Crippen LogP contribution in [0.2, 0.25) is 0 Å². The highest BCUT2D eigenvalue weighted by Crippen LogP contribution is 2.50. The molecule has 10 nitrogen and oxygen atoms in total. The molecule has 6 rings (SSSR count). The van der Waals surface area contributed by atoms with Gasteiger partial charge in [0.15, 0.2) is 17.3 Å². The monoisotopic (exact) mass is 568 g/mol. The summed E-state index contributed by atoms with van der Waals surface area (Å²) in [5.74, 6) is 0.350. The Bertz CT molecular complexity index is 1780. The van der Waals surface area contributed by atoms with Crippen molar-refractivity contribution in [2.24, 2.45) is 0 Å². The first-order valence-corrected chi connectivity index (χ1v) is 12.9. The predicted molar refractivity (Wildman–Crippen MR) is 149 cm³/mol. The maximum atomic E-state index is 13.5. The van der Waals surface area contributed by atoms with Crippen molar-refractivity contribution in [2.45, 2.75) is 12.3 Å². The number of Topliss-reactive ketones (excluding diaryl/α,β-unsaturated/α-hetero) is 1. The molecule has 0 spiro atoms. The summed E-state index contributed by atoms with van der Waals surface area (Å²) >= 11 is 0. The Kier molecular flexibility index (Phi) is 6.66. The van der Waals surface area contributed by atoms with Crippen LogP contribution in [0.1, 0.15) is 49.9 Å². The minimum absolute atomic E-state index is 0.0333. The Morgan fingerprint density at radius 3 is 2.33 bits per heavy atom. The number of ketones is 1. The molecule has 0 saturated carbocycles. The van der Waals surface area contributed by atoms with Crippen molar-refractivity contribution in [2.75, 3.05) is 21.3 Å². The molecule has 42 heavy (non-hydrogen) atoms. The lowest BCUT2D eigenvalue weighted by Gasteiger charge is -2.24. The van der Waals surface area contributed by atoms with Crippen molar-refractivity contribution < 1.29 is 47.6 Å². The Labute approximate surface area is 239 Å². The van der Waals surface area contributed by atoms with Gasteiger partial charge >= 0.3 is 11.9 Å². The van der Waals surface area contributed by atoms with E-state index in [1.807, 2.05) is 0 Å². The zero-order valence-corrected chi connectivity index (χ0v) is 22.8. The molecule has 3 heterocycles. The Morgan fingerprint density at radius 2 is 1.64 bits per heavy atom. The summed E-state index contributed by atoms with van der Waals surface area (Å²) in [4.78, 5) is 37.3. The van der Waals surface area contributed by atoms with Gasteiger partial charge in [0.2, 0.25) is 11.5 Å². The molecule has 0 amide bonds. The summed E-state index contributed by atoms with van der Waals surface area (Å²) in [5.41, 5.74) is 2.20. The molecule has 1 N–H and O–H groups in total. The third-order valence-corrected chi connectivity index (χ3v) is 7.19. The average molecular weight is 569 g/mol. The number of carbonyl (C=O) groups is 3. The second-order valence-electron chi connectivity index (χ2n) is 9.53. The number of hydrogen-bond acceptors (Lipinski definition) is 9. The van der Waals surface area contributed by atoms with Crippen molar-refractivity contribution >= 4 is 23.8 Å². The van der Waals surface area contributed by atoms with E-state index in [-0.39, 0.29) is 35.0 Å². The molecule has 0 fully saturated rings. The highest BCUT2D eigenvalue weighted by atomic mass is 16.5. The van der Waals surface area contributed by atoms with Crippen LogP contribution in [-0.2, 0) is 4.79 Å². The third-order valence-electron chi connectivity index (χ3n) is 7.19. The van der Waals surface area contributed by atoms with E-state index in [1.165, 1.54) is 33.5 Å². The maximum absolute atomic E-state index is 13.5. The molecule has 1 aromatic heterocycles. The number of fused-ring (bicyclic) bond motifs is 3. The minimum Gasteiger partial charge on any atom is -0.493 e. The van der Waals surface area contributed by atoms with Gasteiger partial charge in [0.1, 0.15) is 23.0 Å². The lowest BCUT2D eigenvalue weighted by atomic mass is 9.88. The number of aromatic carboxylic acids is 1. The van der Waals surface area contributed by atoms with E-state index in [2.05, 4.69) is 0 Å². The van der Waals surface area contributed by atoms with Crippen LogP contribution in [0.25, 0.3) is 17.4 Å². The fourth-order valence-electron chi connectivity index (χ4n) is 5.20. The summed E-state index contributed by atoms with van der Waals surface area (Å²) in [6.45, 7) is 0. The summed E-state index contributed by atoms with van der Waals surface area (Å²) < 4.78 is 34.2. The van der Waals surface area contributed by atoms with Gasteiger partial charge in [-0.2, -0.15) is 0 Å². The fourth-order valence-corrected chi connectivity index (χ4v) is 5.20. The SMILES string of the molecule is COc1ccc(/C=C2\Oc3c(ccc4c3[C@H](c3ccc(-c5ccc(C(=O)O)cc5)o3)CC(=O)O4)C2=O)c(OC)c1OC. The van der Waals surface area contributed by atoms with Gasteiger partial charge in [0.25, 0.3) is 0 Å². The van der Waals surface area contributed by atoms with Gasteiger partial charge in [-0.15, -0.1) is 0 Å². The van der Waals surface area contributed by atoms with E-state index >= 15 is 0 Å². The number of rotatable bonds is 7. The topological polar surface area (TPSA) is 131 Å². The van der Waals surface area contributed by atoms with Gasteiger partial charge in [-0.3, -0.25) is 9.59 Å². The van der Waals surface area contributed by atoms with Crippen LogP contribution in [0.5, 0.6) is 28.7 Å². The highest BCUT2D eigenvalue weighted by molar-refractivity contribution is 6.15. The number of esters is 1. The van der Waals surface area contributed by atoms with Crippen LogP contribution >= 0.6 is 0 Å². The number of benzene rings is 3. The maximum Gasteiger partial charge on any atom is 0.335 e. The smallest absolute Gasteiger partial charge is 0.335 e. The van der Waals surface area contributed by atoms with Crippen molar-refractivity contribution in [1.29, 1.82) is 0 Å². The molecular weight excluding hydrogens is 544 g/mol. The predicted octanol–water partition coefficient (Wildman–Crippen LogP) is 5.73. The average Bonchev–Trinajstić information content (AvgIpc) is 3.61. The van der Waals surface area contributed by atoms with E-state index in [1.54, 1.807) is 54.6 Å². The molecule has 3 aromatic carbocycles. The van der Waals surface area contributed by atoms with E-state index in [9.17, 15) is 19.5 Å². The lowest BCUT2D eigenvalue weighted by molar-refractivity contribution is -0.135. The normalized spacial score (nSPS) is 16.4. The zero-order valence-electron chi connectivity index (χ0n) is 22.8. The third kappa shape index (κ3) is 4.43. The lowest BCUT2D eigenvalue weighted by Crippen LogP contribution is -2.21. The van der Waals surface area contributed by atoms with Crippen molar-refractivity contribution in [3.63, 3.8) is 0 Å². The molecule has 4 aromatic rings. The molecule has 0 unspecified atom stereocenters. The fraction of sp³-hybridized carbons (Fsp3) is 0.156. The van der Waals surface area contributed by atoms with Crippen LogP contribution in [0.4, 0.5) is 0 Å². The van der Waals surface area contributed by atoms with Crippen LogP contribution in [0.3, 0.4) is 0 Å². The number of carbonyl (C=O) groups excluding carboxylic acids is 2. The Hall–Kier alpha value is -5.51. The van der Waals surface area contributed by atoms with E-state index in [0.717, 1.165) is 0 Å². The number of allylic oxidation sites excluding steroid dienone is 1. The number of furan rings is 1. The van der Waals surface area contributed by atoms with E-state index in [0.29, 0.717) is 51.0 Å². The van der Waals surface area contributed by atoms with Gasteiger partial charge in [0.05, 0.1) is 44.8 Å². The summed E-state index contributed by atoms with van der Waals surface area (Å²) in [7, 11) is 4.49. The highest BCUT2D eigenvalue weighted by Gasteiger charge is 2.40. The second-order valence-corrected chi connectivity index (χ2v) is 9.53. The Balaban J connectivity index is 1.39. The van der Waals surface area contributed by atoms with Gasteiger partial charge < -0.3 is 33.2 Å². The number of hydrogen-bond donors (Lipinski definition) is 1. The first kappa shape index (κ1) is 26.7. The molecule has 0 aliphatic carbocycles. The van der Waals surface area contributed by atoms with Crippen molar-refractivity contribution in [3.05, 3.63) is 94.4 Å². The van der Waals surface area contributed by atoms with Gasteiger partial charge in [-0.25, -0.2) is 4.79 Å². The summed E-state index contributed by atoms with van der Waals surface area (Å²) in [6, 6.07) is 16.3. The zero-order chi connectivity index (χ0) is 29.5. The van der Waals surface area contributed by atoms with Gasteiger partial charge in [0, 0.05) is 16.7 Å². The summed E-state index contributed by atoms with van der Waals surface area (Å²) in [5, 5.41) is 9.18. The van der Waals surface area contributed by atoms with Gasteiger partial charge in [-0.1, -0.05) is 12.1 Å². The largest absolute Gasteiger partial charge is 0.493 e. The number of carboxylic acid groups (broad SMARTS) is 1. The minimum atomic E-state index is -1.03. The first-order chi connectivity index (χ1) is 20.3. The van der Waals surface area contributed by atoms with Crippen LogP contribution in [0, 0.1) is 0 Å². The van der Waals surface area contributed by atoms with Crippen LogP contribution < -0.4 is 23.7 Å². The Morgan fingerprint density at radius 1 is 0.881 bits per heavy atom. The number of ether oxygens (including phenoxy) is 5. The molecular formula is C32H24O10. The number of carboxylic acids is 1. The molecule has 0 bridgehead atoms. The van der Waals surface area contributed by atoms with Gasteiger partial charge in [-0.05, 0) is 54.6 Å². The van der Waals surface area contributed by atoms with E-state index in [4.69, 9.17) is 28.1 Å². The van der Waals surface area contributed by atoms with Crippen molar-refractivity contribution in [1.82, 2.24) is 0 Å². The number of methoxy groups -OCH3 is 3. The standard InChI is InChI=1S/C32H24O10/c1-37-24-10-8-18(29(38-2)31(24)39-3)14-25-28(34)19-9-11-23-27(30(19)42-25)20(15-26(33)41-23)22-13-12-21(40-22)16-4-6-17(7-5-16)32(35)36/h4-14,20H,15H2,1-3H3,(H,35,36)/b25-14-/t20-/m0/s1. The molecule has 0 saturated heterocycles. The van der Waals surface area contributed by atoms with Crippen LogP contribution in [0.15, 0.2) is 70.8 Å². The van der Waals surface area contributed by atoms with Crippen molar-refractivity contribution in [3.8, 4) is 40.1 Å². The van der Waals surface area contributed by atoms with Crippen LogP contribution in [-0.4, -0.2) is 44.2 Å².